The van der Waals surface area contributed by atoms with Gasteiger partial charge in [-0.1, -0.05) is 46.8 Å². The van der Waals surface area contributed by atoms with Crippen LogP contribution in [0.4, 0.5) is 0 Å². The van der Waals surface area contributed by atoms with E-state index in [1.165, 1.54) is 0 Å². The van der Waals surface area contributed by atoms with Gasteiger partial charge >= 0.3 is 0 Å². The summed E-state index contributed by atoms with van der Waals surface area (Å²) in [5, 5.41) is 3.49. The molecular weight excluding hydrogens is 250 g/mol. The summed E-state index contributed by atoms with van der Waals surface area (Å²) in [6, 6.07) is 8.20. The first-order valence-corrected chi connectivity index (χ1v) is 7.57. The number of likely N-dealkylation sites (N-methyl/N-ethyl adjacent to an activating group) is 1. The minimum Gasteiger partial charge on any atom is -0.490 e. The van der Waals surface area contributed by atoms with Crippen LogP contribution in [0.15, 0.2) is 24.3 Å². The van der Waals surface area contributed by atoms with Gasteiger partial charge in [0.25, 0.3) is 0 Å². The first-order chi connectivity index (χ1) is 9.49. The van der Waals surface area contributed by atoms with Crippen LogP contribution in [0, 0.1) is 5.41 Å². The molecule has 0 aliphatic carbocycles. The maximum Gasteiger partial charge on any atom is 0.161 e. The number of ether oxygens (including phenoxy) is 2. The van der Waals surface area contributed by atoms with Crippen molar-refractivity contribution in [3.63, 3.8) is 0 Å². The summed E-state index contributed by atoms with van der Waals surface area (Å²) in [5.41, 5.74) is 0.162. The van der Waals surface area contributed by atoms with Gasteiger partial charge in [-0.3, -0.25) is 0 Å². The first-order valence-electron chi connectivity index (χ1n) is 7.57. The van der Waals surface area contributed by atoms with Crippen LogP contribution >= 0.6 is 0 Å². The Hall–Kier alpha value is -1.22. The van der Waals surface area contributed by atoms with E-state index in [1.54, 1.807) is 0 Å². The van der Waals surface area contributed by atoms with Gasteiger partial charge in [-0.2, -0.15) is 0 Å². The van der Waals surface area contributed by atoms with Crippen LogP contribution in [0.25, 0.3) is 0 Å². The van der Waals surface area contributed by atoms with E-state index in [0.717, 1.165) is 31.1 Å². The fourth-order valence-electron chi connectivity index (χ4n) is 1.94. The summed E-state index contributed by atoms with van der Waals surface area (Å²) >= 11 is 0. The highest BCUT2D eigenvalue weighted by Gasteiger charge is 2.24. The molecule has 3 nitrogen and oxygen atoms in total. The summed E-state index contributed by atoms with van der Waals surface area (Å²) in [6.45, 7) is 13.2. The lowest BCUT2D eigenvalue weighted by Crippen LogP contribution is -2.44. The molecule has 0 saturated heterocycles. The highest BCUT2D eigenvalue weighted by atomic mass is 16.5. The molecule has 1 rings (SSSR count). The lowest BCUT2D eigenvalue weighted by atomic mass is 9.87. The van der Waals surface area contributed by atoms with E-state index >= 15 is 0 Å². The Morgan fingerprint density at radius 2 is 1.65 bits per heavy atom. The van der Waals surface area contributed by atoms with Crippen molar-refractivity contribution < 1.29 is 9.47 Å². The van der Waals surface area contributed by atoms with E-state index < -0.39 is 0 Å². The predicted octanol–water partition coefficient (Wildman–Crippen LogP) is 3.88. The number of hydrogen-bond acceptors (Lipinski definition) is 3. The molecule has 0 amide bonds. The van der Waals surface area contributed by atoms with Crippen LogP contribution in [-0.4, -0.2) is 25.8 Å². The monoisotopic (exact) mass is 279 g/mol. The molecule has 0 heterocycles. The normalized spacial score (nSPS) is 13.1. The predicted molar refractivity (Wildman–Crippen MR) is 84.6 cm³/mol. The zero-order valence-corrected chi connectivity index (χ0v) is 13.5. The van der Waals surface area contributed by atoms with E-state index in [-0.39, 0.29) is 5.41 Å². The van der Waals surface area contributed by atoms with Gasteiger partial charge in [0.1, 0.15) is 6.61 Å². The van der Waals surface area contributed by atoms with Gasteiger partial charge in [-0.15, -0.1) is 0 Å². The summed E-state index contributed by atoms with van der Waals surface area (Å²) in [4.78, 5) is 0. The van der Waals surface area contributed by atoms with Crippen molar-refractivity contribution in [3.05, 3.63) is 24.3 Å². The van der Waals surface area contributed by atoms with Crippen LogP contribution in [0.3, 0.4) is 0 Å². The Kier molecular flexibility index (Phi) is 6.86. The van der Waals surface area contributed by atoms with Crippen molar-refractivity contribution in [2.45, 2.75) is 47.1 Å². The van der Waals surface area contributed by atoms with Crippen LogP contribution < -0.4 is 14.8 Å². The maximum absolute atomic E-state index is 5.99. The minimum absolute atomic E-state index is 0.162. The number of benzene rings is 1. The van der Waals surface area contributed by atoms with Crippen molar-refractivity contribution in [1.82, 2.24) is 5.32 Å². The lowest BCUT2D eigenvalue weighted by Gasteiger charge is -2.31. The third-order valence-electron chi connectivity index (χ3n) is 3.21. The molecule has 0 aliphatic heterocycles. The Bertz CT molecular complexity index is 385. The molecular formula is C17H29NO2. The maximum atomic E-state index is 5.99. The Morgan fingerprint density at radius 3 is 2.15 bits per heavy atom. The molecule has 1 aromatic carbocycles. The topological polar surface area (TPSA) is 30.5 Å². The highest BCUT2D eigenvalue weighted by Crippen LogP contribution is 2.28. The number of para-hydroxylation sites is 2. The van der Waals surface area contributed by atoms with Crippen molar-refractivity contribution >= 4 is 0 Å². The molecule has 114 valence electrons. The van der Waals surface area contributed by atoms with Crippen molar-refractivity contribution in [3.8, 4) is 11.5 Å². The third kappa shape index (κ3) is 5.41. The van der Waals surface area contributed by atoms with Gasteiger partial charge in [0, 0.05) is 6.04 Å². The summed E-state index contributed by atoms with van der Waals surface area (Å²) < 4.78 is 11.7. The van der Waals surface area contributed by atoms with Crippen molar-refractivity contribution in [2.75, 3.05) is 19.8 Å². The van der Waals surface area contributed by atoms with Gasteiger partial charge in [0.05, 0.1) is 6.61 Å². The average molecular weight is 279 g/mol. The van der Waals surface area contributed by atoms with Gasteiger partial charge in [0.15, 0.2) is 11.5 Å². The van der Waals surface area contributed by atoms with Gasteiger partial charge in [-0.05, 0) is 30.5 Å². The Balaban J connectivity index is 2.67. The quantitative estimate of drug-likeness (QED) is 0.783. The van der Waals surface area contributed by atoms with E-state index in [0.29, 0.717) is 12.6 Å². The van der Waals surface area contributed by atoms with E-state index in [4.69, 9.17) is 9.47 Å². The Labute approximate surface area is 123 Å². The zero-order chi connectivity index (χ0) is 15.0. The zero-order valence-electron chi connectivity index (χ0n) is 13.5. The molecule has 1 atom stereocenters. The molecule has 1 unspecified atom stereocenters. The second-order valence-corrected chi connectivity index (χ2v) is 6.08. The highest BCUT2D eigenvalue weighted by molar-refractivity contribution is 5.39. The molecule has 1 N–H and O–H groups in total. The molecule has 0 aromatic heterocycles. The molecule has 0 saturated carbocycles. The summed E-state index contributed by atoms with van der Waals surface area (Å²) in [5.74, 6) is 1.66. The first kappa shape index (κ1) is 16.8. The summed E-state index contributed by atoms with van der Waals surface area (Å²) in [6.07, 6.45) is 0.996. The average Bonchev–Trinajstić information content (AvgIpc) is 2.40. The number of hydrogen-bond donors (Lipinski definition) is 1. The second kappa shape index (κ2) is 8.15. The fourth-order valence-corrected chi connectivity index (χ4v) is 1.94. The number of nitrogens with one attached hydrogen (secondary N) is 1. The fraction of sp³-hybridized carbons (Fsp3) is 0.647. The third-order valence-corrected chi connectivity index (χ3v) is 3.21. The SMILES string of the molecule is CCCOc1ccccc1OCC(NCC)C(C)(C)C. The Morgan fingerprint density at radius 1 is 1.05 bits per heavy atom. The molecule has 20 heavy (non-hydrogen) atoms. The van der Waals surface area contributed by atoms with Crippen LogP contribution in [0.5, 0.6) is 11.5 Å². The molecule has 0 spiro atoms. The van der Waals surface area contributed by atoms with Gasteiger partial charge < -0.3 is 14.8 Å². The second-order valence-electron chi connectivity index (χ2n) is 6.08. The van der Waals surface area contributed by atoms with E-state index in [1.807, 2.05) is 24.3 Å². The van der Waals surface area contributed by atoms with Crippen molar-refractivity contribution in [1.29, 1.82) is 0 Å². The standard InChI is InChI=1S/C17H29NO2/c1-6-12-19-14-10-8-9-11-15(14)20-13-16(18-7-2)17(3,4)5/h8-11,16,18H,6-7,12-13H2,1-5H3. The molecule has 0 aliphatic rings. The number of rotatable bonds is 8. The van der Waals surface area contributed by atoms with Gasteiger partial charge in [-0.25, -0.2) is 0 Å². The van der Waals surface area contributed by atoms with Crippen molar-refractivity contribution in [2.24, 2.45) is 5.41 Å². The minimum atomic E-state index is 0.162. The lowest BCUT2D eigenvalue weighted by molar-refractivity contribution is 0.170. The van der Waals surface area contributed by atoms with Gasteiger partial charge in [0.2, 0.25) is 0 Å². The van der Waals surface area contributed by atoms with Crippen LogP contribution in [0.2, 0.25) is 0 Å². The van der Waals surface area contributed by atoms with Crippen LogP contribution in [0.1, 0.15) is 41.0 Å². The smallest absolute Gasteiger partial charge is 0.161 e. The van der Waals surface area contributed by atoms with E-state index in [9.17, 15) is 0 Å². The molecule has 3 heteroatoms. The molecule has 0 bridgehead atoms. The molecule has 0 fully saturated rings. The van der Waals surface area contributed by atoms with E-state index in [2.05, 4.69) is 39.9 Å². The molecule has 1 aromatic rings. The van der Waals surface area contributed by atoms with Crippen LogP contribution in [-0.2, 0) is 0 Å². The molecule has 0 radical (unpaired) electrons. The largest absolute Gasteiger partial charge is 0.490 e. The summed E-state index contributed by atoms with van der Waals surface area (Å²) in [7, 11) is 0.